The van der Waals surface area contributed by atoms with Gasteiger partial charge in [-0.25, -0.2) is 4.79 Å². The SMILES string of the molecule is COc1ccc(/C=C/C(=O)O)c(C=O)c1C#N. The molecule has 1 aromatic carbocycles. The number of methoxy groups -OCH3 is 1. The zero-order valence-corrected chi connectivity index (χ0v) is 9.01. The first-order valence-electron chi connectivity index (χ1n) is 4.61. The molecule has 5 heteroatoms. The first-order valence-corrected chi connectivity index (χ1v) is 4.61. The summed E-state index contributed by atoms with van der Waals surface area (Å²) < 4.78 is 4.94. The van der Waals surface area contributed by atoms with Crippen molar-refractivity contribution in [1.82, 2.24) is 0 Å². The van der Waals surface area contributed by atoms with Gasteiger partial charge in [0.1, 0.15) is 17.4 Å². The van der Waals surface area contributed by atoms with Gasteiger partial charge in [-0.1, -0.05) is 6.07 Å². The average Bonchev–Trinajstić information content (AvgIpc) is 2.34. The average molecular weight is 231 g/mol. The Morgan fingerprint density at radius 3 is 2.71 bits per heavy atom. The van der Waals surface area contributed by atoms with Crippen LogP contribution < -0.4 is 4.74 Å². The number of carbonyl (C=O) groups excluding carboxylic acids is 1. The Bertz CT molecular complexity index is 526. The van der Waals surface area contributed by atoms with Crippen molar-refractivity contribution >= 4 is 18.3 Å². The van der Waals surface area contributed by atoms with E-state index in [1.807, 2.05) is 6.07 Å². The third-order valence-corrected chi connectivity index (χ3v) is 2.10. The van der Waals surface area contributed by atoms with Gasteiger partial charge in [0.15, 0.2) is 6.29 Å². The van der Waals surface area contributed by atoms with Crippen molar-refractivity contribution in [3.63, 3.8) is 0 Å². The standard InChI is InChI=1S/C12H9NO4/c1-17-11-4-2-8(3-5-12(15)16)10(7-14)9(11)6-13/h2-5,7H,1H3,(H,15,16)/b5-3+. The number of carboxylic acid groups (broad SMARTS) is 1. The molecule has 0 aromatic heterocycles. The Balaban J connectivity index is 3.39. The molecule has 0 aliphatic rings. The van der Waals surface area contributed by atoms with Crippen molar-refractivity contribution in [2.45, 2.75) is 0 Å². The van der Waals surface area contributed by atoms with E-state index in [0.29, 0.717) is 11.8 Å². The molecular formula is C12H9NO4. The molecule has 1 N–H and O–H groups in total. The predicted octanol–water partition coefficient (Wildman–Crippen LogP) is 1.48. The van der Waals surface area contributed by atoms with E-state index in [2.05, 4.69) is 0 Å². The van der Waals surface area contributed by atoms with Crippen molar-refractivity contribution in [3.8, 4) is 11.8 Å². The highest BCUT2D eigenvalue weighted by atomic mass is 16.5. The Kier molecular flexibility index (Phi) is 4.01. The molecule has 5 nitrogen and oxygen atoms in total. The molecule has 0 heterocycles. The quantitative estimate of drug-likeness (QED) is 0.626. The molecule has 17 heavy (non-hydrogen) atoms. The van der Waals surface area contributed by atoms with Crippen LogP contribution in [-0.2, 0) is 4.79 Å². The maximum absolute atomic E-state index is 10.9. The number of benzene rings is 1. The molecule has 0 amide bonds. The van der Waals surface area contributed by atoms with E-state index < -0.39 is 5.97 Å². The number of hydrogen-bond acceptors (Lipinski definition) is 4. The Morgan fingerprint density at radius 2 is 2.24 bits per heavy atom. The smallest absolute Gasteiger partial charge is 0.328 e. The predicted molar refractivity (Wildman–Crippen MR) is 59.8 cm³/mol. The van der Waals surface area contributed by atoms with Gasteiger partial charge >= 0.3 is 5.97 Å². The maximum atomic E-state index is 10.9. The Labute approximate surface area is 97.6 Å². The van der Waals surface area contributed by atoms with Gasteiger partial charge in [-0.2, -0.15) is 5.26 Å². The fourth-order valence-corrected chi connectivity index (χ4v) is 1.33. The van der Waals surface area contributed by atoms with Crippen molar-refractivity contribution in [1.29, 1.82) is 5.26 Å². The van der Waals surface area contributed by atoms with E-state index in [1.165, 1.54) is 25.3 Å². The molecule has 0 aliphatic carbocycles. The van der Waals surface area contributed by atoms with Crippen LogP contribution in [-0.4, -0.2) is 24.5 Å². The van der Waals surface area contributed by atoms with E-state index >= 15 is 0 Å². The second-order valence-electron chi connectivity index (χ2n) is 3.05. The van der Waals surface area contributed by atoms with Crippen LogP contribution in [0.15, 0.2) is 18.2 Å². The minimum absolute atomic E-state index is 0.0926. The van der Waals surface area contributed by atoms with Crippen LogP contribution in [0.25, 0.3) is 6.08 Å². The number of carbonyl (C=O) groups is 2. The van der Waals surface area contributed by atoms with E-state index in [9.17, 15) is 9.59 Å². The van der Waals surface area contributed by atoms with Crippen LogP contribution in [0.3, 0.4) is 0 Å². The molecule has 0 radical (unpaired) electrons. The highest BCUT2D eigenvalue weighted by Crippen LogP contribution is 2.24. The van der Waals surface area contributed by atoms with E-state index in [4.69, 9.17) is 15.1 Å². The molecule has 0 fully saturated rings. The number of nitrogens with zero attached hydrogens (tertiary/aromatic N) is 1. The number of carboxylic acids is 1. The van der Waals surface area contributed by atoms with Gasteiger partial charge in [0, 0.05) is 11.6 Å². The molecular weight excluding hydrogens is 222 g/mol. The van der Waals surface area contributed by atoms with Gasteiger partial charge in [0.25, 0.3) is 0 Å². The highest BCUT2D eigenvalue weighted by Gasteiger charge is 2.11. The maximum Gasteiger partial charge on any atom is 0.328 e. The monoisotopic (exact) mass is 231 g/mol. The lowest BCUT2D eigenvalue weighted by Gasteiger charge is -2.06. The van der Waals surface area contributed by atoms with Crippen LogP contribution in [0.4, 0.5) is 0 Å². The number of ether oxygens (including phenoxy) is 1. The number of rotatable bonds is 4. The molecule has 0 saturated heterocycles. The minimum Gasteiger partial charge on any atom is -0.495 e. The third kappa shape index (κ3) is 2.69. The summed E-state index contributed by atoms with van der Waals surface area (Å²) in [5, 5.41) is 17.4. The summed E-state index contributed by atoms with van der Waals surface area (Å²) in [5.41, 5.74) is 0.569. The van der Waals surface area contributed by atoms with Crippen molar-refractivity contribution in [3.05, 3.63) is 34.9 Å². The molecule has 86 valence electrons. The topological polar surface area (TPSA) is 87.4 Å². The van der Waals surface area contributed by atoms with Gasteiger partial charge in [0.05, 0.1) is 7.11 Å². The van der Waals surface area contributed by atoms with E-state index in [1.54, 1.807) is 0 Å². The molecule has 0 bridgehead atoms. The molecule has 0 spiro atoms. The molecule has 0 aliphatic heterocycles. The summed E-state index contributed by atoms with van der Waals surface area (Å²) in [7, 11) is 1.39. The summed E-state index contributed by atoms with van der Waals surface area (Å²) in [6, 6.07) is 4.88. The van der Waals surface area contributed by atoms with E-state index in [-0.39, 0.29) is 16.9 Å². The summed E-state index contributed by atoms with van der Waals surface area (Å²) in [4.78, 5) is 21.3. The summed E-state index contributed by atoms with van der Waals surface area (Å²) in [6.07, 6.45) is 2.66. The lowest BCUT2D eigenvalue weighted by Crippen LogP contribution is -1.97. The zero-order valence-electron chi connectivity index (χ0n) is 9.01. The molecule has 0 saturated carbocycles. The highest BCUT2D eigenvalue weighted by molar-refractivity contribution is 5.91. The van der Waals surface area contributed by atoms with Crippen LogP contribution >= 0.6 is 0 Å². The van der Waals surface area contributed by atoms with Crippen molar-refractivity contribution in [2.75, 3.05) is 7.11 Å². The van der Waals surface area contributed by atoms with Crippen molar-refractivity contribution < 1.29 is 19.4 Å². The fraction of sp³-hybridized carbons (Fsp3) is 0.0833. The van der Waals surface area contributed by atoms with Gasteiger partial charge in [-0.3, -0.25) is 4.79 Å². The normalized spacial score (nSPS) is 9.88. The minimum atomic E-state index is -1.13. The lowest BCUT2D eigenvalue weighted by molar-refractivity contribution is -0.131. The first-order chi connectivity index (χ1) is 8.13. The van der Waals surface area contributed by atoms with Crippen LogP contribution in [0.1, 0.15) is 21.5 Å². The number of aliphatic carboxylic acids is 1. The Hall–Kier alpha value is -2.61. The van der Waals surface area contributed by atoms with Gasteiger partial charge in [0.2, 0.25) is 0 Å². The fourth-order valence-electron chi connectivity index (χ4n) is 1.33. The second kappa shape index (κ2) is 5.47. The number of aldehydes is 1. The molecule has 0 atom stereocenters. The first kappa shape index (κ1) is 12.5. The van der Waals surface area contributed by atoms with Crippen LogP contribution in [0.2, 0.25) is 0 Å². The zero-order chi connectivity index (χ0) is 12.8. The number of nitriles is 1. The second-order valence-corrected chi connectivity index (χ2v) is 3.05. The molecule has 1 aromatic rings. The summed E-state index contributed by atoms with van der Waals surface area (Å²) in [5.74, 6) is -0.849. The van der Waals surface area contributed by atoms with Gasteiger partial charge in [-0.15, -0.1) is 0 Å². The summed E-state index contributed by atoms with van der Waals surface area (Å²) >= 11 is 0. The third-order valence-electron chi connectivity index (χ3n) is 2.10. The lowest BCUT2D eigenvalue weighted by atomic mass is 10.0. The number of hydrogen-bond donors (Lipinski definition) is 1. The Morgan fingerprint density at radius 1 is 1.53 bits per heavy atom. The molecule has 0 unspecified atom stereocenters. The van der Waals surface area contributed by atoms with Crippen molar-refractivity contribution in [2.24, 2.45) is 0 Å². The van der Waals surface area contributed by atoms with Gasteiger partial charge in [-0.05, 0) is 17.7 Å². The van der Waals surface area contributed by atoms with E-state index in [0.717, 1.165) is 6.08 Å². The van der Waals surface area contributed by atoms with Crippen LogP contribution in [0, 0.1) is 11.3 Å². The molecule has 1 rings (SSSR count). The van der Waals surface area contributed by atoms with Gasteiger partial charge < -0.3 is 9.84 Å². The van der Waals surface area contributed by atoms with Crippen LogP contribution in [0.5, 0.6) is 5.75 Å². The largest absolute Gasteiger partial charge is 0.495 e. The summed E-state index contributed by atoms with van der Waals surface area (Å²) in [6.45, 7) is 0.